The standard InChI is InChI=1S/C9H14O2/c1-2-3-4-5-8-6-7-9(10)11-8/h3-4,8H,2,5-7H2,1H3/b4-3-/t8-/m0/s1. The Morgan fingerprint density at radius 1 is 1.64 bits per heavy atom. The van der Waals surface area contributed by atoms with Crippen LogP contribution in [0.3, 0.4) is 0 Å². The lowest BCUT2D eigenvalue weighted by Gasteiger charge is -2.03. The van der Waals surface area contributed by atoms with Crippen LogP contribution in [0.1, 0.15) is 32.6 Å². The highest BCUT2D eigenvalue weighted by atomic mass is 16.5. The third-order valence-corrected chi connectivity index (χ3v) is 1.77. The third kappa shape index (κ3) is 2.74. The SMILES string of the molecule is CC/C=C\C[C@H]1CCC(=O)O1. The van der Waals surface area contributed by atoms with Crippen molar-refractivity contribution in [1.82, 2.24) is 0 Å². The molecule has 0 bridgehead atoms. The van der Waals surface area contributed by atoms with Gasteiger partial charge in [-0.05, 0) is 12.8 Å². The first-order valence-corrected chi connectivity index (χ1v) is 4.17. The van der Waals surface area contributed by atoms with Crippen LogP contribution in [-0.2, 0) is 9.53 Å². The number of hydrogen-bond donors (Lipinski definition) is 0. The van der Waals surface area contributed by atoms with E-state index in [1.807, 2.05) is 0 Å². The Labute approximate surface area is 67.2 Å². The summed E-state index contributed by atoms with van der Waals surface area (Å²) in [5, 5.41) is 0. The van der Waals surface area contributed by atoms with E-state index < -0.39 is 0 Å². The zero-order chi connectivity index (χ0) is 8.10. The van der Waals surface area contributed by atoms with E-state index in [-0.39, 0.29) is 12.1 Å². The second-order valence-corrected chi connectivity index (χ2v) is 2.77. The molecule has 1 aliphatic heterocycles. The molecule has 0 saturated carbocycles. The van der Waals surface area contributed by atoms with Gasteiger partial charge in [-0.2, -0.15) is 0 Å². The molecule has 0 amide bonds. The van der Waals surface area contributed by atoms with Gasteiger partial charge in [0, 0.05) is 12.8 Å². The summed E-state index contributed by atoms with van der Waals surface area (Å²) in [6.45, 7) is 2.09. The van der Waals surface area contributed by atoms with Gasteiger partial charge in [-0.3, -0.25) is 4.79 Å². The first-order valence-electron chi connectivity index (χ1n) is 4.17. The van der Waals surface area contributed by atoms with Crippen LogP contribution >= 0.6 is 0 Å². The lowest BCUT2D eigenvalue weighted by atomic mass is 10.2. The van der Waals surface area contributed by atoms with Crippen molar-refractivity contribution < 1.29 is 9.53 Å². The van der Waals surface area contributed by atoms with E-state index in [0.717, 1.165) is 19.3 Å². The lowest BCUT2D eigenvalue weighted by molar-refractivity contribution is -0.141. The van der Waals surface area contributed by atoms with Crippen LogP contribution in [0.4, 0.5) is 0 Å². The van der Waals surface area contributed by atoms with E-state index in [0.29, 0.717) is 6.42 Å². The molecular formula is C9H14O2. The van der Waals surface area contributed by atoms with Gasteiger partial charge in [0.15, 0.2) is 0 Å². The molecule has 0 spiro atoms. The first kappa shape index (κ1) is 8.31. The Hall–Kier alpha value is -0.790. The number of ether oxygens (including phenoxy) is 1. The minimum atomic E-state index is -0.0418. The summed E-state index contributed by atoms with van der Waals surface area (Å²) in [6, 6.07) is 0. The maximum Gasteiger partial charge on any atom is 0.306 e. The van der Waals surface area contributed by atoms with Crippen molar-refractivity contribution in [3.8, 4) is 0 Å². The van der Waals surface area contributed by atoms with Gasteiger partial charge in [-0.15, -0.1) is 0 Å². The van der Waals surface area contributed by atoms with Crippen molar-refractivity contribution >= 4 is 5.97 Å². The number of carbonyl (C=O) groups is 1. The topological polar surface area (TPSA) is 26.3 Å². The Bertz CT molecular complexity index is 161. The lowest BCUT2D eigenvalue weighted by Crippen LogP contribution is -2.04. The van der Waals surface area contributed by atoms with E-state index in [1.165, 1.54) is 0 Å². The molecule has 0 aromatic heterocycles. The Balaban J connectivity index is 2.18. The maximum absolute atomic E-state index is 10.6. The van der Waals surface area contributed by atoms with E-state index >= 15 is 0 Å². The molecule has 0 radical (unpaired) electrons. The number of rotatable bonds is 3. The van der Waals surface area contributed by atoms with Gasteiger partial charge >= 0.3 is 5.97 Å². The summed E-state index contributed by atoms with van der Waals surface area (Å²) in [6.07, 6.45) is 7.79. The molecule has 1 saturated heterocycles. The largest absolute Gasteiger partial charge is 0.462 e. The molecule has 11 heavy (non-hydrogen) atoms. The highest BCUT2D eigenvalue weighted by Gasteiger charge is 2.21. The third-order valence-electron chi connectivity index (χ3n) is 1.77. The zero-order valence-corrected chi connectivity index (χ0v) is 6.88. The summed E-state index contributed by atoms with van der Waals surface area (Å²) >= 11 is 0. The molecule has 0 unspecified atom stereocenters. The minimum Gasteiger partial charge on any atom is -0.462 e. The van der Waals surface area contributed by atoms with Gasteiger partial charge in [0.25, 0.3) is 0 Å². The summed E-state index contributed by atoms with van der Waals surface area (Å²) < 4.78 is 5.02. The average molecular weight is 154 g/mol. The number of allylic oxidation sites excluding steroid dienone is 1. The molecule has 2 heteroatoms. The van der Waals surface area contributed by atoms with Crippen LogP contribution in [-0.4, -0.2) is 12.1 Å². The van der Waals surface area contributed by atoms with Crippen LogP contribution in [0.25, 0.3) is 0 Å². The molecule has 62 valence electrons. The molecule has 1 atom stereocenters. The average Bonchev–Trinajstić information content (AvgIpc) is 2.37. The molecule has 1 heterocycles. The van der Waals surface area contributed by atoms with Gasteiger partial charge in [0.1, 0.15) is 6.10 Å². The molecule has 0 aromatic carbocycles. The fraction of sp³-hybridized carbons (Fsp3) is 0.667. The Morgan fingerprint density at radius 3 is 3.00 bits per heavy atom. The second kappa shape index (κ2) is 4.16. The minimum absolute atomic E-state index is 0.0418. The van der Waals surface area contributed by atoms with Crippen LogP contribution in [0, 0.1) is 0 Å². The van der Waals surface area contributed by atoms with E-state index in [1.54, 1.807) is 0 Å². The highest BCUT2D eigenvalue weighted by Crippen LogP contribution is 2.16. The fourth-order valence-corrected chi connectivity index (χ4v) is 1.16. The van der Waals surface area contributed by atoms with Crippen molar-refractivity contribution in [2.45, 2.75) is 38.7 Å². The summed E-state index contributed by atoms with van der Waals surface area (Å²) in [7, 11) is 0. The van der Waals surface area contributed by atoms with Crippen LogP contribution in [0.15, 0.2) is 12.2 Å². The molecule has 2 nitrogen and oxygen atoms in total. The molecule has 1 aliphatic rings. The van der Waals surface area contributed by atoms with Crippen molar-refractivity contribution in [2.24, 2.45) is 0 Å². The number of hydrogen-bond acceptors (Lipinski definition) is 2. The predicted octanol–water partition coefficient (Wildman–Crippen LogP) is 2.05. The molecule has 1 fully saturated rings. The highest BCUT2D eigenvalue weighted by molar-refractivity contribution is 5.71. The zero-order valence-electron chi connectivity index (χ0n) is 6.88. The Morgan fingerprint density at radius 2 is 2.45 bits per heavy atom. The van der Waals surface area contributed by atoms with Crippen molar-refractivity contribution in [1.29, 1.82) is 0 Å². The summed E-state index contributed by atoms with van der Waals surface area (Å²) in [5.74, 6) is -0.0418. The summed E-state index contributed by atoms with van der Waals surface area (Å²) in [5.41, 5.74) is 0. The van der Waals surface area contributed by atoms with Gasteiger partial charge < -0.3 is 4.74 Å². The first-order chi connectivity index (χ1) is 5.33. The molecule has 0 aliphatic carbocycles. The molecule has 1 rings (SSSR count). The van der Waals surface area contributed by atoms with E-state index in [4.69, 9.17) is 4.74 Å². The van der Waals surface area contributed by atoms with Crippen LogP contribution in [0.2, 0.25) is 0 Å². The van der Waals surface area contributed by atoms with Crippen LogP contribution < -0.4 is 0 Å². The normalized spacial score (nSPS) is 24.5. The van der Waals surface area contributed by atoms with E-state index in [2.05, 4.69) is 19.1 Å². The Kier molecular flexibility index (Phi) is 3.14. The number of carbonyl (C=O) groups excluding carboxylic acids is 1. The van der Waals surface area contributed by atoms with Gasteiger partial charge in [-0.25, -0.2) is 0 Å². The summed E-state index contributed by atoms with van der Waals surface area (Å²) in [4.78, 5) is 10.6. The van der Waals surface area contributed by atoms with E-state index in [9.17, 15) is 4.79 Å². The predicted molar refractivity (Wildman–Crippen MR) is 43.2 cm³/mol. The second-order valence-electron chi connectivity index (χ2n) is 2.77. The van der Waals surface area contributed by atoms with Crippen molar-refractivity contribution in [2.75, 3.05) is 0 Å². The van der Waals surface area contributed by atoms with Gasteiger partial charge in [-0.1, -0.05) is 19.1 Å². The van der Waals surface area contributed by atoms with Crippen molar-refractivity contribution in [3.05, 3.63) is 12.2 Å². The fourth-order valence-electron chi connectivity index (χ4n) is 1.16. The van der Waals surface area contributed by atoms with Crippen LogP contribution in [0.5, 0.6) is 0 Å². The quantitative estimate of drug-likeness (QED) is 0.459. The smallest absolute Gasteiger partial charge is 0.306 e. The maximum atomic E-state index is 10.6. The number of cyclic esters (lactones) is 1. The molecule has 0 N–H and O–H groups in total. The van der Waals surface area contributed by atoms with Gasteiger partial charge in [0.2, 0.25) is 0 Å². The number of esters is 1. The monoisotopic (exact) mass is 154 g/mol. The van der Waals surface area contributed by atoms with Crippen molar-refractivity contribution in [3.63, 3.8) is 0 Å². The molecule has 0 aromatic rings. The molecular weight excluding hydrogens is 140 g/mol. The van der Waals surface area contributed by atoms with Gasteiger partial charge in [0.05, 0.1) is 0 Å².